The third-order valence-corrected chi connectivity index (χ3v) is 1.94. The zero-order valence-corrected chi connectivity index (χ0v) is 6.21. The fourth-order valence-electron chi connectivity index (χ4n) is 1.21. The molecule has 0 aromatic rings. The molecule has 0 aliphatic heterocycles. The second-order valence-corrected chi connectivity index (χ2v) is 2.96. The minimum absolute atomic E-state index is 0.284. The van der Waals surface area contributed by atoms with Crippen molar-refractivity contribution in [2.24, 2.45) is 5.73 Å². The lowest BCUT2D eigenvalue weighted by Gasteiger charge is -2.33. The summed E-state index contributed by atoms with van der Waals surface area (Å²) in [4.78, 5) is 0. The van der Waals surface area contributed by atoms with Gasteiger partial charge in [0.15, 0.2) is 0 Å². The van der Waals surface area contributed by atoms with Gasteiger partial charge < -0.3 is 16.2 Å². The van der Waals surface area contributed by atoms with Crippen LogP contribution in [0.5, 0.6) is 0 Å². The number of nitrogens with two attached hydrogens (primary N) is 1. The normalized spacial score (nSPS) is 31.8. The van der Waals surface area contributed by atoms with Crippen LogP contribution in [0.2, 0.25) is 0 Å². The molecule has 3 heteroatoms. The van der Waals surface area contributed by atoms with Crippen molar-refractivity contribution in [3.63, 3.8) is 0 Å². The first-order valence-corrected chi connectivity index (χ1v) is 3.92. The van der Waals surface area contributed by atoms with Crippen LogP contribution >= 0.6 is 0 Å². The van der Waals surface area contributed by atoms with Gasteiger partial charge in [-0.05, 0) is 25.8 Å². The van der Waals surface area contributed by atoms with E-state index in [2.05, 4.69) is 5.32 Å². The maximum Gasteiger partial charge on any atom is 0.0443 e. The van der Waals surface area contributed by atoms with Gasteiger partial charge >= 0.3 is 0 Å². The topological polar surface area (TPSA) is 58.3 Å². The van der Waals surface area contributed by atoms with E-state index >= 15 is 0 Å². The molecule has 0 amide bonds. The summed E-state index contributed by atoms with van der Waals surface area (Å²) in [5, 5.41) is 11.8. The predicted molar refractivity (Wildman–Crippen MR) is 40.7 cm³/mol. The summed E-state index contributed by atoms with van der Waals surface area (Å²) in [7, 11) is 0. The highest BCUT2D eigenvalue weighted by atomic mass is 16.3. The van der Waals surface area contributed by atoms with Gasteiger partial charge in [0.05, 0.1) is 0 Å². The molecule has 1 fully saturated rings. The largest absolute Gasteiger partial charge is 0.396 e. The van der Waals surface area contributed by atoms with Gasteiger partial charge in [0.25, 0.3) is 0 Å². The second-order valence-electron chi connectivity index (χ2n) is 2.96. The Morgan fingerprint density at radius 3 is 2.70 bits per heavy atom. The SMILES string of the molecule is NC1CC(NCCCO)C1. The van der Waals surface area contributed by atoms with Crippen LogP contribution in [0.15, 0.2) is 0 Å². The number of rotatable bonds is 4. The highest BCUT2D eigenvalue weighted by molar-refractivity contribution is 4.87. The first-order chi connectivity index (χ1) is 4.83. The lowest BCUT2D eigenvalue weighted by atomic mass is 9.88. The van der Waals surface area contributed by atoms with Crippen molar-refractivity contribution in [3.8, 4) is 0 Å². The molecule has 3 nitrogen and oxygen atoms in total. The molecule has 0 unspecified atom stereocenters. The Morgan fingerprint density at radius 1 is 1.50 bits per heavy atom. The molecule has 0 aromatic carbocycles. The van der Waals surface area contributed by atoms with Crippen LogP contribution in [0.1, 0.15) is 19.3 Å². The molecule has 0 saturated heterocycles. The first-order valence-electron chi connectivity index (χ1n) is 3.92. The number of hydrogen-bond acceptors (Lipinski definition) is 3. The highest BCUT2D eigenvalue weighted by Gasteiger charge is 2.24. The Labute approximate surface area is 61.6 Å². The predicted octanol–water partition coefficient (Wildman–Crippen LogP) is -0.552. The summed E-state index contributed by atoms with van der Waals surface area (Å²) < 4.78 is 0. The number of hydrogen-bond donors (Lipinski definition) is 3. The van der Waals surface area contributed by atoms with Crippen molar-refractivity contribution in [2.45, 2.75) is 31.3 Å². The van der Waals surface area contributed by atoms with Crippen molar-refractivity contribution in [2.75, 3.05) is 13.2 Å². The van der Waals surface area contributed by atoms with E-state index in [4.69, 9.17) is 10.8 Å². The summed E-state index contributed by atoms with van der Waals surface area (Å²) in [5.41, 5.74) is 5.58. The van der Waals surface area contributed by atoms with E-state index in [0.29, 0.717) is 12.1 Å². The van der Waals surface area contributed by atoms with Crippen LogP contribution in [0.4, 0.5) is 0 Å². The van der Waals surface area contributed by atoms with Crippen LogP contribution in [0, 0.1) is 0 Å². The zero-order valence-electron chi connectivity index (χ0n) is 6.21. The molecule has 1 aliphatic rings. The summed E-state index contributed by atoms with van der Waals surface area (Å²) in [6, 6.07) is 1.05. The summed E-state index contributed by atoms with van der Waals surface area (Å²) in [6.45, 7) is 1.21. The van der Waals surface area contributed by atoms with E-state index in [1.165, 1.54) is 0 Å². The van der Waals surface area contributed by atoms with Crippen molar-refractivity contribution in [1.29, 1.82) is 0 Å². The monoisotopic (exact) mass is 144 g/mol. The first kappa shape index (κ1) is 7.98. The van der Waals surface area contributed by atoms with E-state index in [-0.39, 0.29) is 6.61 Å². The Balaban J connectivity index is 1.86. The Bertz CT molecular complexity index is 91.6. The standard InChI is InChI=1S/C7H16N2O/c8-6-4-7(5-6)9-2-1-3-10/h6-7,9-10H,1-5,8H2. The van der Waals surface area contributed by atoms with Crippen molar-refractivity contribution in [1.82, 2.24) is 5.32 Å². The average Bonchev–Trinajstić information content (AvgIpc) is 1.85. The van der Waals surface area contributed by atoms with Crippen molar-refractivity contribution < 1.29 is 5.11 Å². The second kappa shape index (κ2) is 3.91. The molecule has 1 aliphatic carbocycles. The fraction of sp³-hybridized carbons (Fsp3) is 1.00. The van der Waals surface area contributed by atoms with Gasteiger partial charge in [-0.2, -0.15) is 0 Å². The maximum atomic E-state index is 8.46. The van der Waals surface area contributed by atoms with Crippen LogP contribution in [-0.2, 0) is 0 Å². The molecule has 0 bridgehead atoms. The van der Waals surface area contributed by atoms with Gasteiger partial charge in [-0.1, -0.05) is 0 Å². The molecule has 0 heterocycles. The number of aliphatic hydroxyl groups is 1. The molecule has 10 heavy (non-hydrogen) atoms. The quantitative estimate of drug-likeness (QED) is 0.464. The van der Waals surface area contributed by atoms with Crippen LogP contribution in [0.25, 0.3) is 0 Å². The zero-order chi connectivity index (χ0) is 7.40. The molecule has 0 spiro atoms. The summed E-state index contributed by atoms with van der Waals surface area (Å²) in [6.07, 6.45) is 3.06. The Hall–Kier alpha value is -0.120. The lowest BCUT2D eigenvalue weighted by Crippen LogP contribution is -2.48. The van der Waals surface area contributed by atoms with Gasteiger partial charge in [-0.25, -0.2) is 0 Å². The third-order valence-electron chi connectivity index (χ3n) is 1.94. The van der Waals surface area contributed by atoms with E-state index in [1.54, 1.807) is 0 Å². The highest BCUT2D eigenvalue weighted by Crippen LogP contribution is 2.16. The van der Waals surface area contributed by atoms with Crippen LogP contribution < -0.4 is 11.1 Å². The van der Waals surface area contributed by atoms with Crippen LogP contribution in [0.3, 0.4) is 0 Å². The molecule has 0 radical (unpaired) electrons. The molecular formula is C7H16N2O. The molecule has 1 saturated carbocycles. The van der Waals surface area contributed by atoms with E-state index < -0.39 is 0 Å². The maximum absolute atomic E-state index is 8.46. The van der Waals surface area contributed by atoms with E-state index in [0.717, 1.165) is 25.8 Å². The molecule has 0 atom stereocenters. The lowest BCUT2D eigenvalue weighted by molar-refractivity contribution is 0.259. The Morgan fingerprint density at radius 2 is 2.20 bits per heavy atom. The Kier molecular flexibility index (Phi) is 3.12. The number of aliphatic hydroxyl groups excluding tert-OH is 1. The van der Waals surface area contributed by atoms with Gasteiger partial charge in [-0.15, -0.1) is 0 Å². The smallest absolute Gasteiger partial charge is 0.0443 e. The fourth-order valence-corrected chi connectivity index (χ4v) is 1.21. The van der Waals surface area contributed by atoms with E-state index in [9.17, 15) is 0 Å². The molecule has 1 rings (SSSR count). The molecular weight excluding hydrogens is 128 g/mol. The van der Waals surface area contributed by atoms with Gasteiger partial charge in [0, 0.05) is 18.7 Å². The van der Waals surface area contributed by atoms with Crippen LogP contribution in [-0.4, -0.2) is 30.3 Å². The minimum Gasteiger partial charge on any atom is -0.396 e. The molecule has 4 N–H and O–H groups in total. The average molecular weight is 144 g/mol. The van der Waals surface area contributed by atoms with Gasteiger partial charge in [-0.3, -0.25) is 0 Å². The summed E-state index contributed by atoms with van der Waals surface area (Å²) >= 11 is 0. The van der Waals surface area contributed by atoms with Gasteiger partial charge in [0.1, 0.15) is 0 Å². The summed E-state index contributed by atoms with van der Waals surface area (Å²) in [5.74, 6) is 0. The van der Waals surface area contributed by atoms with Crippen molar-refractivity contribution >= 4 is 0 Å². The van der Waals surface area contributed by atoms with E-state index in [1.807, 2.05) is 0 Å². The van der Waals surface area contributed by atoms with Crippen molar-refractivity contribution in [3.05, 3.63) is 0 Å². The third kappa shape index (κ3) is 2.25. The number of nitrogens with one attached hydrogen (secondary N) is 1. The minimum atomic E-state index is 0.284. The molecule has 60 valence electrons. The van der Waals surface area contributed by atoms with Gasteiger partial charge in [0.2, 0.25) is 0 Å². The molecule has 0 aromatic heterocycles.